The number of benzene rings is 2. The highest BCUT2D eigenvalue weighted by molar-refractivity contribution is 5.93. The van der Waals surface area contributed by atoms with E-state index in [0.29, 0.717) is 17.1 Å². The van der Waals surface area contributed by atoms with Crippen LogP contribution in [0.4, 0.5) is 5.69 Å². The second-order valence-corrected chi connectivity index (χ2v) is 5.76. The van der Waals surface area contributed by atoms with E-state index in [1.54, 1.807) is 32.2 Å². The van der Waals surface area contributed by atoms with Crippen molar-refractivity contribution < 1.29 is 9.53 Å². The van der Waals surface area contributed by atoms with Crippen molar-refractivity contribution in [1.82, 2.24) is 9.78 Å². The summed E-state index contributed by atoms with van der Waals surface area (Å²) in [6.07, 6.45) is 0. The number of amides is 1. The van der Waals surface area contributed by atoms with Crippen molar-refractivity contribution in [3.63, 3.8) is 0 Å². The summed E-state index contributed by atoms with van der Waals surface area (Å²) < 4.78 is 6.41. The number of hydrogen-bond acceptors (Lipinski definition) is 4. The number of ether oxygens (including phenoxy) is 1. The van der Waals surface area contributed by atoms with Crippen LogP contribution >= 0.6 is 0 Å². The summed E-state index contributed by atoms with van der Waals surface area (Å²) in [6, 6.07) is 18.7. The summed E-state index contributed by atoms with van der Waals surface area (Å²) in [5.74, 6) is 0.380. The van der Waals surface area contributed by atoms with E-state index >= 15 is 0 Å². The Bertz CT molecular complexity index is 967. The zero-order chi connectivity index (χ0) is 18.5. The van der Waals surface area contributed by atoms with Crippen LogP contribution in [0.15, 0.2) is 71.5 Å². The highest BCUT2D eigenvalue weighted by Crippen LogP contribution is 2.21. The van der Waals surface area contributed by atoms with Crippen LogP contribution < -0.4 is 15.6 Å². The largest absolute Gasteiger partial charge is 0.497 e. The third-order valence-corrected chi connectivity index (χ3v) is 3.98. The summed E-state index contributed by atoms with van der Waals surface area (Å²) >= 11 is 0. The monoisotopic (exact) mass is 349 g/mol. The number of aromatic nitrogens is 2. The predicted molar refractivity (Wildman–Crippen MR) is 100 cm³/mol. The molecule has 6 heteroatoms. The van der Waals surface area contributed by atoms with Crippen molar-refractivity contribution in [3.8, 4) is 17.0 Å². The predicted octanol–water partition coefficient (Wildman–Crippen LogP) is 3.12. The smallest absolute Gasteiger partial charge is 0.267 e. The van der Waals surface area contributed by atoms with E-state index in [-0.39, 0.29) is 11.5 Å². The summed E-state index contributed by atoms with van der Waals surface area (Å²) in [7, 11) is 1.59. The van der Waals surface area contributed by atoms with Gasteiger partial charge < -0.3 is 10.1 Å². The number of nitrogens with zero attached hydrogens (tertiary/aromatic N) is 2. The lowest BCUT2D eigenvalue weighted by atomic mass is 10.1. The minimum absolute atomic E-state index is 0.311. The number of anilines is 1. The van der Waals surface area contributed by atoms with Crippen molar-refractivity contribution in [3.05, 3.63) is 77.1 Å². The Labute approximate surface area is 151 Å². The number of carbonyl (C=O) groups is 1. The lowest BCUT2D eigenvalue weighted by Gasteiger charge is -2.15. The number of nitrogens with one attached hydrogen (secondary N) is 1. The van der Waals surface area contributed by atoms with Crippen LogP contribution in [0.3, 0.4) is 0 Å². The molecule has 0 saturated carbocycles. The molecule has 1 atom stereocenters. The Hall–Kier alpha value is -3.41. The first-order chi connectivity index (χ1) is 12.6. The SMILES string of the molecule is COc1cccc(-c2ccc(=O)n(C(C)C(=O)Nc3ccccc3)n2)c1. The second-order valence-electron chi connectivity index (χ2n) is 5.76. The molecule has 6 nitrogen and oxygen atoms in total. The van der Waals surface area contributed by atoms with E-state index in [0.717, 1.165) is 5.56 Å². The van der Waals surface area contributed by atoms with Gasteiger partial charge in [-0.15, -0.1) is 0 Å². The molecule has 3 rings (SSSR count). The molecule has 1 N–H and O–H groups in total. The lowest BCUT2D eigenvalue weighted by Crippen LogP contribution is -2.33. The average molecular weight is 349 g/mol. The summed E-state index contributed by atoms with van der Waals surface area (Å²) in [4.78, 5) is 24.7. The van der Waals surface area contributed by atoms with E-state index in [4.69, 9.17) is 4.74 Å². The molecule has 0 bridgehead atoms. The number of para-hydroxylation sites is 1. The fourth-order valence-corrected chi connectivity index (χ4v) is 2.52. The van der Waals surface area contributed by atoms with E-state index in [1.807, 2.05) is 42.5 Å². The maximum absolute atomic E-state index is 12.5. The fraction of sp³-hybridized carbons (Fsp3) is 0.150. The molecular formula is C20H19N3O3. The fourth-order valence-electron chi connectivity index (χ4n) is 2.52. The zero-order valence-electron chi connectivity index (χ0n) is 14.5. The first kappa shape index (κ1) is 17.4. The van der Waals surface area contributed by atoms with Crippen LogP contribution in [-0.4, -0.2) is 22.8 Å². The van der Waals surface area contributed by atoms with Crippen LogP contribution in [-0.2, 0) is 4.79 Å². The molecule has 0 aliphatic carbocycles. The third-order valence-electron chi connectivity index (χ3n) is 3.98. The van der Waals surface area contributed by atoms with Crippen molar-refractivity contribution in [2.24, 2.45) is 0 Å². The van der Waals surface area contributed by atoms with E-state index in [2.05, 4.69) is 10.4 Å². The van der Waals surface area contributed by atoms with Gasteiger partial charge >= 0.3 is 0 Å². The van der Waals surface area contributed by atoms with Crippen molar-refractivity contribution in [1.29, 1.82) is 0 Å². The number of rotatable bonds is 5. The Morgan fingerprint density at radius 1 is 1.08 bits per heavy atom. The number of carbonyl (C=O) groups excluding carboxylic acids is 1. The molecular weight excluding hydrogens is 330 g/mol. The highest BCUT2D eigenvalue weighted by atomic mass is 16.5. The average Bonchev–Trinajstić information content (AvgIpc) is 2.68. The molecule has 0 spiro atoms. The Morgan fingerprint density at radius 3 is 2.58 bits per heavy atom. The van der Waals surface area contributed by atoms with Gasteiger partial charge in [0.15, 0.2) is 0 Å². The summed E-state index contributed by atoms with van der Waals surface area (Å²) in [5, 5.41) is 7.15. The normalized spacial score (nSPS) is 11.6. The van der Waals surface area contributed by atoms with Gasteiger partial charge in [0.05, 0.1) is 12.8 Å². The molecule has 0 radical (unpaired) electrons. The van der Waals surface area contributed by atoms with Crippen molar-refractivity contribution in [2.75, 3.05) is 12.4 Å². The molecule has 3 aromatic rings. The van der Waals surface area contributed by atoms with Crippen molar-refractivity contribution in [2.45, 2.75) is 13.0 Å². The summed E-state index contributed by atoms with van der Waals surface area (Å²) in [5.41, 5.74) is 1.71. The molecule has 132 valence electrons. The maximum atomic E-state index is 12.5. The van der Waals surface area contributed by atoms with Crippen molar-refractivity contribution >= 4 is 11.6 Å². The first-order valence-corrected chi connectivity index (χ1v) is 8.18. The minimum atomic E-state index is -0.756. The van der Waals surface area contributed by atoms with E-state index < -0.39 is 6.04 Å². The maximum Gasteiger partial charge on any atom is 0.267 e. The zero-order valence-corrected chi connectivity index (χ0v) is 14.5. The van der Waals surface area contributed by atoms with Crippen LogP contribution in [0.5, 0.6) is 5.75 Å². The molecule has 0 aliphatic heterocycles. The molecule has 1 unspecified atom stereocenters. The van der Waals surface area contributed by atoms with Crippen LogP contribution in [0.25, 0.3) is 11.3 Å². The molecule has 0 aliphatic rings. The Kier molecular flexibility index (Phi) is 5.12. The van der Waals surface area contributed by atoms with Gasteiger partial charge in [0, 0.05) is 17.3 Å². The van der Waals surface area contributed by atoms with Gasteiger partial charge in [-0.3, -0.25) is 9.59 Å². The van der Waals surface area contributed by atoms with Gasteiger partial charge in [0.25, 0.3) is 5.56 Å². The van der Waals surface area contributed by atoms with Gasteiger partial charge in [-0.05, 0) is 37.3 Å². The number of hydrogen-bond donors (Lipinski definition) is 1. The summed E-state index contributed by atoms with van der Waals surface area (Å²) in [6.45, 7) is 1.64. The van der Waals surface area contributed by atoms with Crippen LogP contribution in [0.1, 0.15) is 13.0 Å². The Morgan fingerprint density at radius 2 is 1.85 bits per heavy atom. The molecule has 2 aromatic carbocycles. The molecule has 1 amide bonds. The van der Waals surface area contributed by atoms with E-state index in [9.17, 15) is 9.59 Å². The molecule has 1 heterocycles. The van der Waals surface area contributed by atoms with Crippen LogP contribution in [0, 0.1) is 0 Å². The lowest BCUT2D eigenvalue weighted by molar-refractivity contribution is -0.119. The van der Waals surface area contributed by atoms with Gasteiger partial charge in [-0.25, -0.2) is 4.68 Å². The van der Waals surface area contributed by atoms with Crippen LogP contribution in [0.2, 0.25) is 0 Å². The first-order valence-electron chi connectivity index (χ1n) is 8.18. The molecule has 1 aromatic heterocycles. The van der Waals surface area contributed by atoms with Gasteiger partial charge in [-0.2, -0.15) is 5.10 Å². The number of methoxy groups -OCH3 is 1. The van der Waals surface area contributed by atoms with Gasteiger partial charge in [0.2, 0.25) is 5.91 Å². The molecule has 0 fully saturated rings. The van der Waals surface area contributed by atoms with E-state index in [1.165, 1.54) is 10.7 Å². The minimum Gasteiger partial charge on any atom is -0.497 e. The van der Waals surface area contributed by atoms with Gasteiger partial charge in [-0.1, -0.05) is 30.3 Å². The third kappa shape index (κ3) is 3.80. The highest BCUT2D eigenvalue weighted by Gasteiger charge is 2.18. The Balaban J connectivity index is 1.89. The standard InChI is InChI=1S/C20H19N3O3/c1-14(20(25)21-16-8-4-3-5-9-16)23-19(24)12-11-18(22-23)15-7-6-10-17(13-15)26-2/h3-14H,1-2H3,(H,21,25). The quantitative estimate of drug-likeness (QED) is 0.768. The molecule has 0 saturated heterocycles. The topological polar surface area (TPSA) is 73.2 Å². The molecule has 26 heavy (non-hydrogen) atoms. The second kappa shape index (κ2) is 7.65. The van der Waals surface area contributed by atoms with Gasteiger partial charge in [0.1, 0.15) is 11.8 Å².